The average Bonchev–Trinajstić information content (AvgIpc) is 2.95. The van der Waals surface area contributed by atoms with E-state index in [1.165, 1.54) is 4.91 Å². The van der Waals surface area contributed by atoms with Gasteiger partial charge in [0, 0.05) is 32.4 Å². The minimum absolute atomic E-state index is 0.376. The number of rotatable bonds is 5. The van der Waals surface area contributed by atoms with E-state index in [2.05, 4.69) is 18.7 Å². The molecule has 0 atom stereocenters. The van der Waals surface area contributed by atoms with Crippen molar-refractivity contribution in [3.05, 3.63) is 105 Å². The fourth-order valence-corrected chi connectivity index (χ4v) is 4.03. The van der Waals surface area contributed by atoms with Crippen LogP contribution in [0.25, 0.3) is 0 Å². The van der Waals surface area contributed by atoms with Gasteiger partial charge in [-0.3, -0.25) is 0 Å². The molecule has 1 aromatic carbocycles. The summed E-state index contributed by atoms with van der Waals surface area (Å²) in [4.78, 5) is 17.7. The number of aliphatic imine (C=N–C) groups is 1. The molecule has 0 unspecified atom stereocenters. The van der Waals surface area contributed by atoms with E-state index in [0.717, 1.165) is 40.2 Å². The molecule has 0 amide bonds. The van der Waals surface area contributed by atoms with E-state index >= 15 is 0 Å². The van der Waals surface area contributed by atoms with Gasteiger partial charge < -0.3 is 4.79 Å². The molecule has 4 heteroatoms. The monoisotopic (exact) mass is 379 g/mol. The number of halogens is 1. The first-order valence-corrected chi connectivity index (χ1v) is 9.49. The van der Waals surface area contributed by atoms with Crippen molar-refractivity contribution in [3.8, 4) is 0 Å². The van der Waals surface area contributed by atoms with Gasteiger partial charge in [-0.2, -0.15) is 0 Å². The third-order valence-electron chi connectivity index (χ3n) is 3.91. The average molecular weight is 380 g/mol. The van der Waals surface area contributed by atoms with Crippen LogP contribution in [0, 0.1) is 0 Å². The molecule has 0 N–H and O–H groups in total. The van der Waals surface area contributed by atoms with Crippen molar-refractivity contribution in [2.75, 3.05) is 0 Å². The highest BCUT2D eigenvalue weighted by atomic mass is 35.5. The third-order valence-corrected chi connectivity index (χ3v) is 5.44. The number of aldehydes is 1. The lowest BCUT2D eigenvalue weighted by Crippen LogP contribution is -2.06. The Morgan fingerprint density at radius 1 is 1.27 bits per heavy atom. The molecule has 1 aliphatic heterocycles. The summed E-state index contributed by atoms with van der Waals surface area (Å²) in [6.07, 6.45) is 15.9. The van der Waals surface area contributed by atoms with E-state index in [9.17, 15) is 4.79 Å². The van der Waals surface area contributed by atoms with Crippen molar-refractivity contribution in [1.29, 1.82) is 0 Å². The van der Waals surface area contributed by atoms with E-state index < -0.39 is 0 Å². The smallest absolute Gasteiger partial charge is 0.123 e. The molecule has 0 saturated heterocycles. The first kappa shape index (κ1) is 18.4. The second-order valence-electron chi connectivity index (χ2n) is 5.63. The van der Waals surface area contributed by atoms with Gasteiger partial charge in [0.25, 0.3) is 0 Å². The molecule has 1 aromatic rings. The van der Waals surface area contributed by atoms with Gasteiger partial charge in [0.2, 0.25) is 0 Å². The van der Waals surface area contributed by atoms with Crippen molar-refractivity contribution in [1.82, 2.24) is 0 Å². The van der Waals surface area contributed by atoms with Crippen LogP contribution in [-0.4, -0.2) is 12.0 Å². The normalized spacial score (nSPS) is 17.0. The summed E-state index contributed by atoms with van der Waals surface area (Å²) in [6.45, 7) is 3.93. The Kier molecular flexibility index (Phi) is 6.26. The van der Waals surface area contributed by atoms with Gasteiger partial charge in [0.15, 0.2) is 0 Å². The van der Waals surface area contributed by atoms with Crippen LogP contribution in [0.1, 0.15) is 18.4 Å². The highest BCUT2D eigenvalue weighted by Crippen LogP contribution is 2.40. The molecular formula is C22H18ClNOS. The topological polar surface area (TPSA) is 29.4 Å². The lowest BCUT2D eigenvalue weighted by atomic mass is 10.0. The maximum absolute atomic E-state index is 10.6. The van der Waals surface area contributed by atoms with Crippen molar-refractivity contribution < 1.29 is 4.79 Å². The summed E-state index contributed by atoms with van der Waals surface area (Å²) in [6, 6.07) is 7.73. The first-order valence-electron chi connectivity index (χ1n) is 8.29. The van der Waals surface area contributed by atoms with Crippen LogP contribution in [0.4, 0.5) is 0 Å². The Balaban J connectivity index is 2.21. The SMILES string of the molecule is C=CC1=C(/C=C\CC=O)SC2=C(C=CC=CC2)C(c2ccccc2Cl)=N1. The second kappa shape index (κ2) is 8.84. The van der Waals surface area contributed by atoms with Gasteiger partial charge >= 0.3 is 0 Å². The van der Waals surface area contributed by atoms with Gasteiger partial charge in [0.1, 0.15) is 6.29 Å². The molecule has 1 heterocycles. The van der Waals surface area contributed by atoms with Crippen molar-refractivity contribution in [3.63, 3.8) is 0 Å². The first-order chi connectivity index (χ1) is 12.7. The van der Waals surface area contributed by atoms with E-state index in [1.807, 2.05) is 48.6 Å². The van der Waals surface area contributed by atoms with Crippen molar-refractivity contribution in [2.45, 2.75) is 12.8 Å². The molecule has 0 spiro atoms. The van der Waals surface area contributed by atoms with E-state index in [4.69, 9.17) is 16.6 Å². The molecule has 0 bridgehead atoms. The summed E-state index contributed by atoms with van der Waals surface area (Å²) in [5.74, 6) is 0. The van der Waals surface area contributed by atoms with Gasteiger partial charge in [0.05, 0.1) is 11.4 Å². The van der Waals surface area contributed by atoms with Crippen LogP contribution in [-0.2, 0) is 4.79 Å². The number of nitrogens with zero attached hydrogens (tertiary/aromatic N) is 1. The highest BCUT2D eigenvalue weighted by molar-refractivity contribution is 8.07. The standard InChI is InChI=1S/C22H18ClNOS/c1-2-19-21(14-8-9-15-25)26-20-13-5-3-4-11-17(20)22(24-19)16-10-6-7-12-18(16)23/h2-8,10-12,14-15H,1,9,13H2/b14-8-. The van der Waals surface area contributed by atoms with Gasteiger partial charge in [-0.05, 0) is 24.6 Å². The lowest BCUT2D eigenvalue weighted by Gasteiger charge is -2.12. The number of carbonyl (C=O) groups is 1. The molecule has 0 aromatic heterocycles. The molecule has 3 rings (SSSR count). The van der Waals surface area contributed by atoms with E-state index in [-0.39, 0.29) is 0 Å². The van der Waals surface area contributed by atoms with Gasteiger partial charge in [-0.25, -0.2) is 4.99 Å². The summed E-state index contributed by atoms with van der Waals surface area (Å²) in [5, 5.41) is 0.664. The van der Waals surface area contributed by atoms with Crippen molar-refractivity contribution in [2.24, 2.45) is 4.99 Å². The van der Waals surface area contributed by atoms with Crippen LogP contribution in [0.5, 0.6) is 0 Å². The van der Waals surface area contributed by atoms with E-state index in [1.54, 1.807) is 17.8 Å². The summed E-state index contributed by atoms with van der Waals surface area (Å²) in [7, 11) is 0. The van der Waals surface area contributed by atoms with Crippen molar-refractivity contribution >= 4 is 35.4 Å². The fraction of sp³-hybridized carbons (Fsp3) is 0.0909. The summed E-state index contributed by atoms with van der Waals surface area (Å²) < 4.78 is 0. The number of benzene rings is 1. The van der Waals surface area contributed by atoms with Gasteiger partial charge in [-0.15, -0.1) is 0 Å². The minimum Gasteiger partial charge on any atom is -0.303 e. The minimum atomic E-state index is 0.376. The third kappa shape index (κ3) is 4.06. The summed E-state index contributed by atoms with van der Waals surface area (Å²) in [5.41, 5.74) is 3.57. The molecule has 26 heavy (non-hydrogen) atoms. The zero-order valence-corrected chi connectivity index (χ0v) is 15.8. The molecule has 1 aliphatic carbocycles. The molecule has 2 aliphatic rings. The van der Waals surface area contributed by atoms with Crippen LogP contribution in [0.15, 0.2) is 99.4 Å². The number of hydrogen-bond acceptors (Lipinski definition) is 3. The Morgan fingerprint density at radius 2 is 2.12 bits per heavy atom. The second-order valence-corrected chi connectivity index (χ2v) is 7.17. The molecular weight excluding hydrogens is 362 g/mol. The van der Waals surface area contributed by atoms with E-state index in [0.29, 0.717) is 11.4 Å². The van der Waals surface area contributed by atoms with Crippen LogP contribution in [0.3, 0.4) is 0 Å². The lowest BCUT2D eigenvalue weighted by molar-refractivity contribution is -0.107. The summed E-state index contributed by atoms with van der Waals surface area (Å²) >= 11 is 8.13. The molecule has 2 nitrogen and oxygen atoms in total. The largest absolute Gasteiger partial charge is 0.303 e. The number of thioether (sulfide) groups is 1. The fourth-order valence-electron chi connectivity index (χ4n) is 2.69. The maximum atomic E-state index is 10.6. The van der Waals surface area contributed by atoms with Gasteiger partial charge in [-0.1, -0.05) is 78.5 Å². The molecule has 0 radical (unpaired) electrons. The van der Waals surface area contributed by atoms with Crippen LogP contribution in [0.2, 0.25) is 5.02 Å². The zero-order valence-electron chi connectivity index (χ0n) is 14.2. The highest BCUT2D eigenvalue weighted by Gasteiger charge is 2.21. The Morgan fingerprint density at radius 3 is 2.88 bits per heavy atom. The Bertz CT molecular complexity index is 916. The quantitative estimate of drug-likeness (QED) is 0.571. The number of carbonyl (C=O) groups excluding carboxylic acids is 1. The zero-order chi connectivity index (χ0) is 18.4. The maximum Gasteiger partial charge on any atom is 0.123 e. The predicted molar refractivity (Wildman–Crippen MR) is 113 cm³/mol. The molecule has 130 valence electrons. The Labute approximate surface area is 163 Å². The van der Waals surface area contributed by atoms with Crippen LogP contribution >= 0.6 is 23.4 Å². The molecule has 0 saturated carbocycles. The van der Waals surface area contributed by atoms with Crippen LogP contribution < -0.4 is 0 Å². The predicted octanol–water partition coefficient (Wildman–Crippen LogP) is 6.19. The number of allylic oxidation sites excluding steroid dienone is 9. The number of hydrogen-bond donors (Lipinski definition) is 0. The molecule has 0 fully saturated rings. The Hall–Kier alpha value is -2.36.